The van der Waals surface area contributed by atoms with Crippen LogP contribution in [0.3, 0.4) is 0 Å². The van der Waals surface area contributed by atoms with E-state index in [2.05, 4.69) is 0 Å². The zero-order valence-electron chi connectivity index (χ0n) is 17.8. The summed E-state index contributed by atoms with van der Waals surface area (Å²) in [6, 6.07) is 16.3. The summed E-state index contributed by atoms with van der Waals surface area (Å²) < 4.78 is 21.2. The van der Waals surface area contributed by atoms with Crippen molar-refractivity contribution in [2.75, 3.05) is 21.3 Å². The minimum atomic E-state index is -0.657. The Morgan fingerprint density at radius 2 is 1.50 bits per heavy atom. The first-order valence-corrected chi connectivity index (χ1v) is 9.93. The van der Waals surface area contributed by atoms with E-state index in [1.54, 1.807) is 54.6 Å². The third-order valence-corrected chi connectivity index (χ3v) is 4.83. The smallest absolute Gasteiger partial charge is 0.343 e. The van der Waals surface area contributed by atoms with Crippen LogP contribution >= 0.6 is 11.6 Å². The van der Waals surface area contributed by atoms with Crippen molar-refractivity contribution in [3.05, 3.63) is 88.5 Å². The summed E-state index contributed by atoms with van der Waals surface area (Å²) >= 11 is 5.89. The minimum absolute atomic E-state index is 0.0786. The number of methoxy groups -OCH3 is 3. The lowest BCUT2D eigenvalue weighted by Gasteiger charge is -2.12. The number of ether oxygens (including phenoxy) is 4. The number of benzene rings is 3. The lowest BCUT2D eigenvalue weighted by atomic mass is 10.1. The molecule has 32 heavy (non-hydrogen) atoms. The van der Waals surface area contributed by atoms with Crippen LogP contribution in [0, 0.1) is 0 Å². The Kier molecular flexibility index (Phi) is 7.52. The Labute approximate surface area is 190 Å². The molecule has 3 aromatic rings. The molecule has 0 aliphatic carbocycles. The summed E-state index contributed by atoms with van der Waals surface area (Å²) in [5.74, 6) is 0.393. The SMILES string of the molecule is COc1ccc(C(=O)C=Cc2ccc(Cl)cc2)c(OC(=O)c2ccc(OC)c(OC)c2)c1. The predicted molar refractivity (Wildman–Crippen MR) is 122 cm³/mol. The molecule has 0 fully saturated rings. The maximum absolute atomic E-state index is 12.8. The molecular formula is C25H21ClO6. The molecule has 0 aromatic heterocycles. The molecule has 0 unspecified atom stereocenters. The van der Waals surface area contributed by atoms with Gasteiger partial charge in [0, 0.05) is 11.1 Å². The lowest BCUT2D eigenvalue weighted by molar-refractivity contribution is 0.0732. The monoisotopic (exact) mass is 452 g/mol. The van der Waals surface area contributed by atoms with Crippen molar-refractivity contribution in [3.63, 3.8) is 0 Å². The number of carbonyl (C=O) groups excluding carboxylic acids is 2. The highest BCUT2D eigenvalue weighted by atomic mass is 35.5. The van der Waals surface area contributed by atoms with E-state index < -0.39 is 5.97 Å². The highest BCUT2D eigenvalue weighted by Gasteiger charge is 2.18. The van der Waals surface area contributed by atoms with Gasteiger partial charge in [-0.25, -0.2) is 4.79 Å². The van der Waals surface area contributed by atoms with Gasteiger partial charge in [0.25, 0.3) is 0 Å². The van der Waals surface area contributed by atoms with Crippen LogP contribution in [0.1, 0.15) is 26.3 Å². The van der Waals surface area contributed by atoms with Crippen LogP contribution in [0.4, 0.5) is 0 Å². The molecule has 3 aromatic carbocycles. The van der Waals surface area contributed by atoms with E-state index >= 15 is 0 Å². The molecule has 164 valence electrons. The molecule has 0 saturated carbocycles. The van der Waals surface area contributed by atoms with Gasteiger partial charge in [0.1, 0.15) is 11.5 Å². The second kappa shape index (κ2) is 10.5. The van der Waals surface area contributed by atoms with Gasteiger partial charge in [-0.3, -0.25) is 4.79 Å². The molecule has 6 nitrogen and oxygen atoms in total. The lowest BCUT2D eigenvalue weighted by Crippen LogP contribution is -2.11. The first-order valence-electron chi connectivity index (χ1n) is 9.55. The molecule has 3 rings (SSSR count). The average molecular weight is 453 g/mol. The van der Waals surface area contributed by atoms with Gasteiger partial charge in [0.15, 0.2) is 17.3 Å². The van der Waals surface area contributed by atoms with Crippen LogP contribution in [0.5, 0.6) is 23.0 Å². The van der Waals surface area contributed by atoms with Crippen LogP contribution in [-0.4, -0.2) is 33.1 Å². The zero-order chi connectivity index (χ0) is 23.1. The number of esters is 1. The molecule has 0 heterocycles. The number of hydrogen-bond donors (Lipinski definition) is 0. The fraction of sp³-hybridized carbons (Fsp3) is 0.120. The first kappa shape index (κ1) is 22.9. The molecule has 0 aliphatic rings. The fourth-order valence-corrected chi connectivity index (χ4v) is 3.00. The topological polar surface area (TPSA) is 71.1 Å². The maximum Gasteiger partial charge on any atom is 0.343 e. The van der Waals surface area contributed by atoms with Crippen molar-refractivity contribution in [1.82, 2.24) is 0 Å². The van der Waals surface area contributed by atoms with Crippen LogP contribution in [-0.2, 0) is 0 Å². The van der Waals surface area contributed by atoms with Gasteiger partial charge in [0.05, 0.1) is 32.5 Å². The molecule has 7 heteroatoms. The quantitative estimate of drug-likeness (QED) is 0.195. The Morgan fingerprint density at radius 1 is 0.781 bits per heavy atom. The molecular weight excluding hydrogens is 432 g/mol. The van der Waals surface area contributed by atoms with Gasteiger partial charge in [-0.05, 0) is 54.1 Å². The number of carbonyl (C=O) groups is 2. The highest BCUT2D eigenvalue weighted by molar-refractivity contribution is 6.30. The van der Waals surface area contributed by atoms with Crippen LogP contribution in [0.15, 0.2) is 66.7 Å². The van der Waals surface area contributed by atoms with Crippen molar-refractivity contribution in [2.45, 2.75) is 0 Å². The summed E-state index contributed by atoms with van der Waals surface area (Å²) in [6.07, 6.45) is 3.06. The van der Waals surface area contributed by atoms with Crippen molar-refractivity contribution in [1.29, 1.82) is 0 Å². The van der Waals surface area contributed by atoms with Crippen LogP contribution in [0.2, 0.25) is 5.02 Å². The summed E-state index contributed by atoms with van der Waals surface area (Å²) in [5, 5.41) is 0.605. The number of hydrogen-bond acceptors (Lipinski definition) is 6. The van der Waals surface area contributed by atoms with E-state index in [1.807, 2.05) is 0 Å². The van der Waals surface area contributed by atoms with E-state index in [1.165, 1.54) is 39.5 Å². The Hall–Kier alpha value is -3.77. The maximum atomic E-state index is 12.8. The fourth-order valence-electron chi connectivity index (χ4n) is 2.88. The largest absolute Gasteiger partial charge is 0.497 e. The molecule has 0 N–H and O–H groups in total. The third kappa shape index (κ3) is 5.47. The molecule has 0 spiro atoms. The van der Waals surface area contributed by atoms with Crippen molar-refractivity contribution in [2.24, 2.45) is 0 Å². The van der Waals surface area contributed by atoms with Gasteiger partial charge in [0.2, 0.25) is 0 Å². The standard InChI is InChI=1S/C25H21ClO6/c1-29-19-10-11-20(21(27)12-6-16-4-8-18(26)9-5-16)23(15-19)32-25(28)17-7-13-22(30-2)24(14-17)31-3/h4-15H,1-3H3. The molecule has 0 radical (unpaired) electrons. The summed E-state index contributed by atoms with van der Waals surface area (Å²) in [5.41, 5.74) is 1.26. The van der Waals surface area contributed by atoms with Gasteiger partial charge in [-0.1, -0.05) is 29.8 Å². The summed E-state index contributed by atoms with van der Waals surface area (Å²) in [7, 11) is 4.46. The summed E-state index contributed by atoms with van der Waals surface area (Å²) in [4.78, 5) is 25.6. The molecule has 0 aliphatic heterocycles. The second-order valence-corrected chi connectivity index (χ2v) is 7.01. The Bertz CT molecular complexity index is 1150. The third-order valence-electron chi connectivity index (χ3n) is 4.57. The number of allylic oxidation sites excluding steroid dienone is 1. The van der Waals surface area contributed by atoms with Gasteiger partial charge in [-0.2, -0.15) is 0 Å². The van der Waals surface area contributed by atoms with Crippen LogP contribution < -0.4 is 18.9 Å². The number of halogens is 1. The molecule has 0 bridgehead atoms. The minimum Gasteiger partial charge on any atom is -0.497 e. The molecule has 0 saturated heterocycles. The highest BCUT2D eigenvalue weighted by Crippen LogP contribution is 2.30. The Morgan fingerprint density at radius 3 is 2.16 bits per heavy atom. The van der Waals surface area contributed by atoms with E-state index in [-0.39, 0.29) is 22.7 Å². The van der Waals surface area contributed by atoms with Crippen LogP contribution in [0.25, 0.3) is 6.08 Å². The first-order chi connectivity index (χ1) is 15.4. The average Bonchev–Trinajstić information content (AvgIpc) is 2.82. The normalized spacial score (nSPS) is 10.6. The van der Waals surface area contributed by atoms with Crippen molar-refractivity contribution < 1.29 is 28.5 Å². The molecule has 0 atom stereocenters. The summed E-state index contributed by atoms with van der Waals surface area (Å²) in [6.45, 7) is 0. The predicted octanol–water partition coefficient (Wildman–Crippen LogP) is 5.48. The molecule has 0 amide bonds. The van der Waals surface area contributed by atoms with Crippen molar-refractivity contribution in [3.8, 4) is 23.0 Å². The van der Waals surface area contributed by atoms with E-state index in [0.29, 0.717) is 22.3 Å². The number of ketones is 1. The van der Waals surface area contributed by atoms with Gasteiger partial charge in [-0.15, -0.1) is 0 Å². The zero-order valence-corrected chi connectivity index (χ0v) is 18.5. The van der Waals surface area contributed by atoms with E-state index in [4.69, 9.17) is 30.5 Å². The van der Waals surface area contributed by atoms with Gasteiger partial charge >= 0.3 is 5.97 Å². The number of rotatable bonds is 8. The van der Waals surface area contributed by atoms with E-state index in [9.17, 15) is 9.59 Å². The van der Waals surface area contributed by atoms with Crippen molar-refractivity contribution >= 4 is 29.4 Å². The van der Waals surface area contributed by atoms with Gasteiger partial charge < -0.3 is 18.9 Å². The Balaban J connectivity index is 1.88. The van der Waals surface area contributed by atoms with E-state index in [0.717, 1.165) is 5.56 Å². The second-order valence-electron chi connectivity index (χ2n) is 6.57.